The molecule has 0 saturated carbocycles. The van der Waals surface area contributed by atoms with E-state index in [4.69, 9.17) is 16.9 Å². The van der Waals surface area contributed by atoms with Gasteiger partial charge in [-0.05, 0) is 12.1 Å². The zero-order valence-electron chi connectivity index (χ0n) is 7.05. The number of alkyl halides is 1. The number of nitriles is 1. The second-order valence-electron chi connectivity index (χ2n) is 2.46. The lowest BCUT2D eigenvalue weighted by atomic mass is 10.2. The smallest absolute Gasteiger partial charge is 0.239 e. The van der Waals surface area contributed by atoms with Crippen LogP contribution in [0.3, 0.4) is 0 Å². The van der Waals surface area contributed by atoms with Crippen LogP contribution in [0.1, 0.15) is 5.56 Å². The minimum atomic E-state index is -0.742. The van der Waals surface area contributed by atoms with Crippen LogP contribution in [0, 0.1) is 17.1 Å². The Bertz CT molecular complexity index is 400. The van der Waals surface area contributed by atoms with Crippen LogP contribution in [-0.4, -0.2) is 11.8 Å². The fourth-order valence-electron chi connectivity index (χ4n) is 0.898. The summed E-state index contributed by atoms with van der Waals surface area (Å²) < 4.78 is 13.3. The molecule has 0 fully saturated rings. The Morgan fingerprint density at radius 1 is 1.64 bits per heavy atom. The summed E-state index contributed by atoms with van der Waals surface area (Å²) in [7, 11) is 0. The van der Waals surface area contributed by atoms with Crippen molar-refractivity contribution in [2.45, 2.75) is 0 Å². The first-order valence-electron chi connectivity index (χ1n) is 3.73. The predicted molar refractivity (Wildman–Crippen MR) is 50.5 cm³/mol. The predicted octanol–water partition coefficient (Wildman–Crippen LogP) is 1.87. The molecule has 0 spiro atoms. The fourth-order valence-corrected chi connectivity index (χ4v) is 0.965. The normalized spacial score (nSPS) is 9.21. The Morgan fingerprint density at radius 3 is 2.93 bits per heavy atom. The number of amides is 1. The first-order valence-corrected chi connectivity index (χ1v) is 4.27. The number of hydrogen-bond acceptors (Lipinski definition) is 2. The van der Waals surface area contributed by atoms with Gasteiger partial charge in [0, 0.05) is 0 Å². The summed E-state index contributed by atoms with van der Waals surface area (Å²) in [4.78, 5) is 10.8. The number of carbonyl (C=O) groups excluding carboxylic acids is 1. The second-order valence-corrected chi connectivity index (χ2v) is 2.73. The Hall–Kier alpha value is -1.60. The molecule has 1 aromatic rings. The highest BCUT2D eigenvalue weighted by Gasteiger charge is 2.09. The molecule has 0 bridgehead atoms. The van der Waals surface area contributed by atoms with Gasteiger partial charge >= 0.3 is 0 Å². The number of anilines is 1. The highest BCUT2D eigenvalue weighted by Crippen LogP contribution is 2.16. The summed E-state index contributed by atoms with van der Waals surface area (Å²) in [6.45, 7) is 0. The van der Waals surface area contributed by atoms with E-state index in [2.05, 4.69) is 5.32 Å². The first-order chi connectivity index (χ1) is 6.69. The molecule has 0 atom stereocenters. The van der Waals surface area contributed by atoms with E-state index in [1.165, 1.54) is 18.2 Å². The van der Waals surface area contributed by atoms with Crippen LogP contribution in [0.25, 0.3) is 0 Å². The van der Waals surface area contributed by atoms with E-state index in [1.54, 1.807) is 6.07 Å². The Labute approximate surface area is 85.1 Å². The fraction of sp³-hybridized carbons (Fsp3) is 0.111. The van der Waals surface area contributed by atoms with Gasteiger partial charge in [-0.3, -0.25) is 4.79 Å². The molecule has 5 heteroatoms. The Morgan fingerprint density at radius 2 is 2.36 bits per heavy atom. The summed E-state index contributed by atoms with van der Waals surface area (Å²) in [5, 5.41) is 10.7. The maximum Gasteiger partial charge on any atom is 0.239 e. The van der Waals surface area contributed by atoms with E-state index >= 15 is 0 Å². The molecule has 0 saturated heterocycles. The standard InChI is InChI=1S/C9H6ClFN2O/c10-4-8(14)13-7-3-1-2-6(5-12)9(7)11/h1-3H,4H2,(H,13,14). The van der Waals surface area contributed by atoms with Gasteiger partial charge in [0.1, 0.15) is 11.9 Å². The van der Waals surface area contributed by atoms with Crippen molar-refractivity contribution in [3.63, 3.8) is 0 Å². The number of hydrogen-bond donors (Lipinski definition) is 1. The molecule has 0 aliphatic heterocycles. The molecule has 1 rings (SSSR count). The van der Waals surface area contributed by atoms with Gasteiger partial charge in [-0.2, -0.15) is 5.26 Å². The largest absolute Gasteiger partial charge is 0.323 e. The summed E-state index contributed by atoms with van der Waals surface area (Å²) in [6, 6.07) is 5.83. The van der Waals surface area contributed by atoms with E-state index in [1.807, 2.05) is 0 Å². The van der Waals surface area contributed by atoms with Crippen molar-refractivity contribution in [3.05, 3.63) is 29.6 Å². The topological polar surface area (TPSA) is 52.9 Å². The van der Waals surface area contributed by atoms with Gasteiger partial charge in [0.05, 0.1) is 11.3 Å². The van der Waals surface area contributed by atoms with Crippen molar-refractivity contribution in [2.75, 3.05) is 11.2 Å². The van der Waals surface area contributed by atoms with Gasteiger partial charge in [0.25, 0.3) is 0 Å². The van der Waals surface area contributed by atoms with Crippen molar-refractivity contribution in [1.29, 1.82) is 5.26 Å². The molecule has 0 heterocycles. The van der Waals surface area contributed by atoms with E-state index < -0.39 is 11.7 Å². The van der Waals surface area contributed by atoms with Crippen LogP contribution < -0.4 is 5.32 Å². The van der Waals surface area contributed by atoms with Gasteiger partial charge in [-0.15, -0.1) is 11.6 Å². The number of benzene rings is 1. The average molecular weight is 213 g/mol. The van der Waals surface area contributed by atoms with Crippen LogP contribution >= 0.6 is 11.6 Å². The molecule has 1 N–H and O–H groups in total. The highest BCUT2D eigenvalue weighted by molar-refractivity contribution is 6.29. The number of carbonyl (C=O) groups is 1. The molecular formula is C9H6ClFN2O. The van der Waals surface area contributed by atoms with Crippen molar-refractivity contribution in [3.8, 4) is 6.07 Å². The monoisotopic (exact) mass is 212 g/mol. The lowest BCUT2D eigenvalue weighted by molar-refractivity contribution is -0.113. The molecule has 0 radical (unpaired) electrons. The molecule has 1 aromatic carbocycles. The molecule has 0 aliphatic rings. The number of nitrogens with one attached hydrogen (secondary N) is 1. The molecule has 72 valence electrons. The van der Waals surface area contributed by atoms with Gasteiger partial charge in [-0.1, -0.05) is 6.07 Å². The zero-order valence-corrected chi connectivity index (χ0v) is 7.81. The molecule has 14 heavy (non-hydrogen) atoms. The Balaban J connectivity index is 2.99. The maximum atomic E-state index is 13.3. The number of rotatable bonds is 2. The van der Waals surface area contributed by atoms with Crippen LogP contribution in [-0.2, 0) is 4.79 Å². The van der Waals surface area contributed by atoms with Crippen LogP contribution in [0.5, 0.6) is 0 Å². The number of halogens is 2. The summed E-state index contributed by atoms with van der Waals surface area (Å²) in [6.07, 6.45) is 0. The van der Waals surface area contributed by atoms with E-state index in [0.717, 1.165) is 0 Å². The van der Waals surface area contributed by atoms with Gasteiger partial charge < -0.3 is 5.32 Å². The minimum Gasteiger partial charge on any atom is -0.323 e. The SMILES string of the molecule is N#Cc1cccc(NC(=O)CCl)c1F. The highest BCUT2D eigenvalue weighted by atomic mass is 35.5. The van der Waals surface area contributed by atoms with Crippen molar-refractivity contribution < 1.29 is 9.18 Å². The van der Waals surface area contributed by atoms with Gasteiger partial charge in [-0.25, -0.2) is 4.39 Å². The minimum absolute atomic E-state index is 0.0327. The second kappa shape index (κ2) is 4.58. The maximum absolute atomic E-state index is 13.3. The molecular weight excluding hydrogens is 207 g/mol. The summed E-state index contributed by atoms with van der Waals surface area (Å²) in [5.41, 5.74) is -0.146. The van der Waals surface area contributed by atoms with Gasteiger partial charge in [0.2, 0.25) is 5.91 Å². The van der Waals surface area contributed by atoms with Crippen LogP contribution in [0.4, 0.5) is 10.1 Å². The summed E-state index contributed by atoms with van der Waals surface area (Å²) in [5.74, 6) is -1.51. The zero-order chi connectivity index (χ0) is 10.6. The van der Waals surface area contributed by atoms with Gasteiger partial charge in [0.15, 0.2) is 5.82 Å². The van der Waals surface area contributed by atoms with E-state index in [0.29, 0.717) is 0 Å². The van der Waals surface area contributed by atoms with E-state index in [9.17, 15) is 9.18 Å². The molecule has 3 nitrogen and oxygen atoms in total. The molecule has 1 amide bonds. The van der Waals surface area contributed by atoms with Crippen LogP contribution in [0.2, 0.25) is 0 Å². The third-order valence-corrected chi connectivity index (χ3v) is 1.76. The lowest BCUT2D eigenvalue weighted by Crippen LogP contribution is -2.13. The summed E-state index contributed by atoms with van der Waals surface area (Å²) >= 11 is 5.23. The quantitative estimate of drug-likeness (QED) is 0.761. The molecule has 0 unspecified atom stereocenters. The van der Waals surface area contributed by atoms with Crippen molar-refractivity contribution >= 4 is 23.2 Å². The van der Waals surface area contributed by atoms with E-state index in [-0.39, 0.29) is 17.1 Å². The Kier molecular flexibility index (Phi) is 3.43. The van der Waals surface area contributed by atoms with Crippen molar-refractivity contribution in [2.24, 2.45) is 0 Å². The molecule has 0 aromatic heterocycles. The van der Waals surface area contributed by atoms with Crippen molar-refractivity contribution in [1.82, 2.24) is 0 Å². The lowest BCUT2D eigenvalue weighted by Gasteiger charge is -2.04. The van der Waals surface area contributed by atoms with Crippen LogP contribution in [0.15, 0.2) is 18.2 Å². The molecule has 0 aliphatic carbocycles. The third-order valence-electron chi connectivity index (χ3n) is 1.51. The first kappa shape index (κ1) is 10.5. The number of nitrogens with zero attached hydrogens (tertiary/aromatic N) is 1. The third kappa shape index (κ3) is 2.21. The average Bonchev–Trinajstić information content (AvgIpc) is 2.21.